The molecule has 0 unspecified atom stereocenters. The van der Waals surface area contributed by atoms with Gasteiger partial charge in [0.15, 0.2) is 0 Å². The van der Waals surface area contributed by atoms with E-state index in [2.05, 4.69) is 10.6 Å². The average Bonchev–Trinajstić information content (AvgIpc) is 3.04. The smallest absolute Gasteiger partial charge is 0.314 e. The highest BCUT2D eigenvalue weighted by Gasteiger charge is 2.23. The standard InChI is InChI=1S/C20H20ClN3O3/c1-12-5-6-15(11-16(12)21)23-20(27)19(26)22-14-7-8-17(13(2)10-14)24-9-3-4-18(24)25/h5-8,10-11H,3-4,9H2,1-2H3,(H,22,26)(H,23,27). The molecule has 3 rings (SSSR count). The molecule has 27 heavy (non-hydrogen) atoms. The molecule has 2 aromatic rings. The number of amides is 3. The van der Waals surface area contributed by atoms with E-state index in [0.717, 1.165) is 23.2 Å². The minimum Gasteiger partial charge on any atom is -0.318 e. The number of nitrogens with zero attached hydrogens (tertiary/aromatic N) is 1. The van der Waals surface area contributed by atoms with E-state index in [1.807, 2.05) is 13.8 Å². The highest BCUT2D eigenvalue weighted by atomic mass is 35.5. The van der Waals surface area contributed by atoms with Crippen LogP contribution < -0.4 is 15.5 Å². The van der Waals surface area contributed by atoms with E-state index >= 15 is 0 Å². The molecular weight excluding hydrogens is 366 g/mol. The molecule has 0 saturated carbocycles. The first-order valence-corrected chi connectivity index (χ1v) is 9.02. The van der Waals surface area contributed by atoms with Gasteiger partial charge in [-0.2, -0.15) is 0 Å². The summed E-state index contributed by atoms with van der Waals surface area (Å²) in [4.78, 5) is 37.9. The van der Waals surface area contributed by atoms with Gasteiger partial charge in [-0.3, -0.25) is 14.4 Å². The number of hydrogen-bond donors (Lipinski definition) is 2. The van der Waals surface area contributed by atoms with Crippen LogP contribution in [-0.2, 0) is 14.4 Å². The van der Waals surface area contributed by atoms with E-state index in [0.29, 0.717) is 29.4 Å². The molecular formula is C20H20ClN3O3. The summed E-state index contributed by atoms with van der Waals surface area (Å²) in [6.45, 7) is 4.42. The Morgan fingerprint density at radius 3 is 2.15 bits per heavy atom. The molecule has 1 aliphatic rings. The summed E-state index contributed by atoms with van der Waals surface area (Å²) in [5, 5.41) is 5.60. The van der Waals surface area contributed by atoms with Crippen LogP contribution in [0.4, 0.5) is 17.1 Å². The summed E-state index contributed by atoms with van der Waals surface area (Å²) in [6, 6.07) is 10.2. The van der Waals surface area contributed by atoms with Gasteiger partial charge in [-0.1, -0.05) is 17.7 Å². The Morgan fingerprint density at radius 2 is 1.59 bits per heavy atom. The van der Waals surface area contributed by atoms with Crippen LogP contribution in [-0.4, -0.2) is 24.3 Å². The summed E-state index contributed by atoms with van der Waals surface area (Å²) in [6.07, 6.45) is 1.40. The molecule has 3 amide bonds. The molecule has 0 radical (unpaired) electrons. The van der Waals surface area contributed by atoms with Crippen LogP contribution >= 0.6 is 11.6 Å². The van der Waals surface area contributed by atoms with E-state index < -0.39 is 11.8 Å². The van der Waals surface area contributed by atoms with Crippen LogP contribution in [0, 0.1) is 13.8 Å². The van der Waals surface area contributed by atoms with Crippen LogP contribution in [0.2, 0.25) is 5.02 Å². The molecule has 6 nitrogen and oxygen atoms in total. The van der Waals surface area contributed by atoms with Crippen molar-refractivity contribution in [1.82, 2.24) is 0 Å². The van der Waals surface area contributed by atoms with Crippen molar-refractivity contribution >= 4 is 46.4 Å². The van der Waals surface area contributed by atoms with Gasteiger partial charge >= 0.3 is 11.8 Å². The van der Waals surface area contributed by atoms with Gasteiger partial charge in [0.05, 0.1) is 0 Å². The van der Waals surface area contributed by atoms with Gasteiger partial charge in [0, 0.05) is 35.1 Å². The van der Waals surface area contributed by atoms with E-state index in [1.54, 1.807) is 41.3 Å². The molecule has 1 aliphatic heterocycles. The van der Waals surface area contributed by atoms with Crippen molar-refractivity contribution in [1.29, 1.82) is 0 Å². The lowest BCUT2D eigenvalue weighted by atomic mass is 10.1. The number of benzene rings is 2. The van der Waals surface area contributed by atoms with E-state index in [-0.39, 0.29) is 5.91 Å². The quantitative estimate of drug-likeness (QED) is 0.791. The maximum Gasteiger partial charge on any atom is 0.314 e. The maximum atomic E-state index is 12.2. The second-order valence-electron chi connectivity index (χ2n) is 6.52. The summed E-state index contributed by atoms with van der Waals surface area (Å²) in [5.41, 5.74) is 3.50. The first-order valence-electron chi connectivity index (χ1n) is 8.64. The van der Waals surface area contributed by atoms with E-state index in [1.165, 1.54) is 0 Å². The Labute approximate surface area is 162 Å². The highest BCUT2D eigenvalue weighted by molar-refractivity contribution is 6.43. The predicted octanol–water partition coefficient (Wildman–Crippen LogP) is 3.66. The van der Waals surface area contributed by atoms with Crippen molar-refractivity contribution in [2.45, 2.75) is 26.7 Å². The minimum absolute atomic E-state index is 0.103. The van der Waals surface area contributed by atoms with Crippen molar-refractivity contribution in [3.05, 3.63) is 52.5 Å². The summed E-state index contributed by atoms with van der Waals surface area (Å²) >= 11 is 6.02. The fraction of sp³-hybridized carbons (Fsp3) is 0.250. The molecule has 7 heteroatoms. The SMILES string of the molecule is Cc1ccc(NC(=O)C(=O)Nc2ccc(N3CCCC3=O)c(C)c2)cc1Cl. The number of rotatable bonds is 3. The monoisotopic (exact) mass is 385 g/mol. The largest absolute Gasteiger partial charge is 0.318 e. The molecule has 0 atom stereocenters. The van der Waals surface area contributed by atoms with Crippen molar-refractivity contribution in [3.8, 4) is 0 Å². The second-order valence-corrected chi connectivity index (χ2v) is 6.93. The second kappa shape index (κ2) is 7.80. The molecule has 0 bridgehead atoms. The molecule has 0 spiro atoms. The summed E-state index contributed by atoms with van der Waals surface area (Å²) < 4.78 is 0. The van der Waals surface area contributed by atoms with Crippen molar-refractivity contribution < 1.29 is 14.4 Å². The van der Waals surface area contributed by atoms with Gasteiger partial charge < -0.3 is 15.5 Å². The molecule has 1 heterocycles. The van der Waals surface area contributed by atoms with Gasteiger partial charge in [0.1, 0.15) is 0 Å². The van der Waals surface area contributed by atoms with Gasteiger partial charge in [0.2, 0.25) is 5.91 Å². The van der Waals surface area contributed by atoms with Crippen LogP contribution in [0.1, 0.15) is 24.0 Å². The zero-order valence-corrected chi connectivity index (χ0v) is 15.9. The number of nitrogens with one attached hydrogen (secondary N) is 2. The number of hydrogen-bond acceptors (Lipinski definition) is 3. The van der Waals surface area contributed by atoms with Crippen LogP contribution in [0.25, 0.3) is 0 Å². The molecule has 1 saturated heterocycles. The Morgan fingerprint density at radius 1 is 0.963 bits per heavy atom. The number of carbonyl (C=O) groups is 3. The van der Waals surface area contributed by atoms with Crippen molar-refractivity contribution in [2.75, 3.05) is 22.1 Å². The highest BCUT2D eigenvalue weighted by Crippen LogP contribution is 2.27. The third kappa shape index (κ3) is 4.28. The van der Waals surface area contributed by atoms with Gasteiger partial charge in [-0.15, -0.1) is 0 Å². The lowest BCUT2D eigenvalue weighted by molar-refractivity contribution is -0.132. The fourth-order valence-corrected chi connectivity index (χ4v) is 3.17. The molecule has 1 fully saturated rings. The van der Waals surface area contributed by atoms with Crippen LogP contribution in [0.3, 0.4) is 0 Å². The van der Waals surface area contributed by atoms with Crippen LogP contribution in [0.15, 0.2) is 36.4 Å². The van der Waals surface area contributed by atoms with E-state index in [9.17, 15) is 14.4 Å². The number of carbonyl (C=O) groups excluding carboxylic acids is 3. The summed E-state index contributed by atoms with van der Waals surface area (Å²) in [5.74, 6) is -1.46. The molecule has 0 aliphatic carbocycles. The van der Waals surface area contributed by atoms with Gasteiger partial charge in [-0.25, -0.2) is 0 Å². The lowest BCUT2D eigenvalue weighted by Crippen LogP contribution is -2.29. The normalized spacial score (nSPS) is 13.6. The number of aryl methyl sites for hydroxylation is 2. The first-order chi connectivity index (χ1) is 12.8. The Balaban J connectivity index is 1.66. The Bertz CT molecular complexity index is 927. The zero-order chi connectivity index (χ0) is 19.6. The van der Waals surface area contributed by atoms with Crippen LogP contribution in [0.5, 0.6) is 0 Å². The minimum atomic E-state index is -0.786. The fourth-order valence-electron chi connectivity index (χ4n) is 2.99. The van der Waals surface area contributed by atoms with E-state index in [4.69, 9.17) is 11.6 Å². The Kier molecular flexibility index (Phi) is 5.46. The molecule has 140 valence electrons. The topological polar surface area (TPSA) is 78.5 Å². The number of anilines is 3. The third-order valence-electron chi connectivity index (χ3n) is 4.45. The summed E-state index contributed by atoms with van der Waals surface area (Å²) in [7, 11) is 0. The predicted molar refractivity (Wildman–Crippen MR) is 106 cm³/mol. The third-order valence-corrected chi connectivity index (χ3v) is 4.86. The Hall–Kier alpha value is -2.86. The zero-order valence-electron chi connectivity index (χ0n) is 15.1. The molecule has 0 aromatic heterocycles. The van der Waals surface area contributed by atoms with Crippen molar-refractivity contribution in [2.24, 2.45) is 0 Å². The average molecular weight is 386 g/mol. The van der Waals surface area contributed by atoms with Crippen molar-refractivity contribution in [3.63, 3.8) is 0 Å². The molecule has 2 aromatic carbocycles. The molecule has 2 N–H and O–H groups in total. The van der Waals surface area contributed by atoms with Gasteiger partial charge in [-0.05, 0) is 61.7 Å². The maximum absolute atomic E-state index is 12.2. The van der Waals surface area contributed by atoms with Gasteiger partial charge in [0.25, 0.3) is 0 Å². The lowest BCUT2D eigenvalue weighted by Gasteiger charge is -2.19. The number of halogens is 1. The first kappa shape index (κ1) is 18.9.